The molecule has 0 saturated heterocycles. The van der Waals surface area contributed by atoms with E-state index >= 15 is 0 Å². The predicted octanol–water partition coefficient (Wildman–Crippen LogP) is 5.32. The molecule has 0 atom stereocenters. The van der Waals surface area contributed by atoms with Crippen molar-refractivity contribution in [2.45, 2.75) is 17.7 Å². The van der Waals surface area contributed by atoms with Crippen LogP contribution in [-0.4, -0.2) is 26.8 Å². The molecule has 0 N–H and O–H groups in total. The van der Waals surface area contributed by atoms with Gasteiger partial charge in [0.1, 0.15) is 16.6 Å². The Balaban J connectivity index is 1.41. The molecule has 0 aromatic heterocycles. The lowest BCUT2D eigenvalue weighted by Gasteiger charge is -2.17. The van der Waals surface area contributed by atoms with Gasteiger partial charge in [-0.25, -0.2) is 0 Å². The van der Waals surface area contributed by atoms with Gasteiger partial charge in [-0.05, 0) is 54.4 Å². The second-order valence-electron chi connectivity index (χ2n) is 8.16. The Morgan fingerprint density at radius 3 is 1.78 bits per heavy atom. The number of Topliss-reactive ketones (excluding diaryl/α,β-unsaturated/α-hetero) is 1. The highest BCUT2D eigenvalue weighted by Gasteiger charge is 2.25. The van der Waals surface area contributed by atoms with Crippen molar-refractivity contribution >= 4 is 21.9 Å². The maximum absolute atomic E-state index is 13.0. The Labute approximate surface area is 210 Å². The van der Waals surface area contributed by atoms with E-state index in [0.717, 1.165) is 16.7 Å². The Hall–Kier alpha value is -4.23. The van der Waals surface area contributed by atoms with Crippen LogP contribution in [0.4, 0.5) is 0 Å². The first-order chi connectivity index (χ1) is 17.3. The van der Waals surface area contributed by atoms with Crippen molar-refractivity contribution in [1.82, 2.24) is 0 Å². The van der Waals surface area contributed by atoms with Gasteiger partial charge in [0.05, 0.1) is 0 Å². The number of carbonyl (C=O) groups excluding carboxylic acids is 2. The fraction of sp³-hybridized carbons (Fsp3) is 0.103. The van der Waals surface area contributed by atoms with Crippen molar-refractivity contribution in [3.63, 3.8) is 0 Å². The quantitative estimate of drug-likeness (QED) is 0.176. The largest absolute Gasteiger partial charge is 0.457 e. The molecule has 6 nitrogen and oxygen atoms in total. The average molecular weight is 501 g/mol. The highest BCUT2D eigenvalue weighted by atomic mass is 32.2. The van der Waals surface area contributed by atoms with Crippen molar-refractivity contribution in [1.29, 1.82) is 0 Å². The molecular formula is C29H24O6S. The summed E-state index contributed by atoms with van der Waals surface area (Å²) < 4.78 is 35.5. The molecule has 0 amide bonds. The SMILES string of the molecule is Cc1ccc(S(=O)(=O)Oc2ccc(C(=O)COC(=O)C(c3ccccc3)c3ccccc3)cc2)cc1. The van der Waals surface area contributed by atoms with Gasteiger partial charge in [-0.2, -0.15) is 8.42 Å². The maximum Gasteiger partial charge on any atom is 0.339 e. The number of ether oxygens (including phenoxy) is 1. The molecule has 0 aliphatic rings. The third-order valence-corrected chi connectivity index (χ3v) is 6.80. The van der Waals surface area contributed by atoms with Crippen LogP contribution in [-0.2, 0) is 19.6 Å². The number of benzene rings is 4. The molecule has 0 bridgehead atoms. The predicted molar refractivity (Wildman–Crippen MR) is 135 cm³/mol. The molecule has 0 spiro atoms. The molecule has 0 fully saturated rings. The Morgan fingerprint density at radius 1 is 0.722 bits per heavy atom. The van der Waals surface area contributed by atoms with Crippen LogP contribution in [0.15, 0.2) is 114 Å². The van der Waals surface area contributed by atoms with E-state index < -0.39 is 34.4 Å². The fourth-order valence-corrected chi connectivity index (χ4v) is 4.57. The van der Waals surface area contributed by atoms with Crippen LogP contribution in [0.1, 0.15) is 33.0 Å². The molecule has 182 valence electrons. The maximum atomic E-state index is 13.0. The van der Waals surface area contributed by atoms with Crippen LogP contribution in [0.3, 0.4) is 0 Å². The van der Waals surface area contributed by atoms with Crippen molar-refractivity contribution in [2.24, 2.45) is 0 Å². The minimum Gasteiger partial charge on any atom is -0.457 e. The Morgan fingerprint density at radius 2 is 1.25 bits per heavy atom. The summed E-state index contributed by atoms with van der Waals surface area (Å²) in [7, 11) is -4.00. The molecule has 4 rings (SSSR count). The zero-order chi connectivity index (χ0) is 25.5. The van der Waals surface area contributed by atoms with E-state index in [1.165, 1.54) is 36.4 Å². The van der Waals surface area contributed by atoms with Crippen molar-refractivity contribution in [3.05, 3.63) is 131 Å². The van der Waals surface area contributed by atoms with Crippen molar-refractivity contribution in [3.8, 4) is 5.75 Å². The first kappa shape index (κ1) is 24.9. The molecule has 7 heteroatoms. The summed E-state index contributed by atoms with van der Waals surface area (Å²) in [5, 5.41) is 0. The molecule has 36 heavy (non-hydrogen) atoms. The second kappa shape index (κ2) is 11.0. The molecule has 0 saturated carbocycles. The number of aryl methyl sites for hydroxylation is 1. The molecule has 4 aromatic rings. The zero-order valence-corrected chi connectivity index (χ0v) is 20.4. The van der Waals surface area contributed by atoms with Crippen LogP contribution >= 0.6 is 0 Å². The number of hydrogen-bond donors (Lipinski definition) is 0. The standard InChI is InChI=1S/C29H24O6S/c1-21-12-18-26(19-13-21)36(32,33)35-25-16-14-22(15-17-25)27(30)20-34-29(31)28(23-8-4-2-5-9-23)24-10-6-3-7-11-24/h2-19,28H,20H2,1H3. The Kier molecular flexibility index (Phi) is 7.61. The van der Waals surface area contributed by atoms with Crippen LogP contribution < -0.4 is 4.18 Å². The lowest BCUT2D eigenvalue weighted by molar-refractivity contribution is -0.143. The van der Waals surface area contributed by atoms with Gasteiger partial charge in [-0.3, -0.25) is 9.59 Å². The molecule has 0 heterocycles. The lowest BCUT2D eigenvalue weighted by Crippen LogP contribution is -2.21. The topological polar surface area (TPSA) is 86.7 Å². The minimum absolute atomic E-state index is 0.0338. The smallest absolute Gasteiger partial charge is 0.339 e. The Bertz CT molecular complexity index is 1390. The molecule has 0 aliphatic carbocycles. The summed E-state index contributed by atoms with van der Waals surface area (Å²) in [6, 6.07) is 30.4. The van der Waals surface area contributed by atoms with Gasteiger partial charge in [-0.15, -0.1) is 0 Å². The molecule has 0 unspecified atom stereocenters. The highest BCUT2D eigenvalue weighted by Crippen LogP contribution is 2.26. The molecular weight excluding hydrogens is 476 g/mol. The van der Waals surface area contributed by atoms with Gasteiger partial charge in [0.25, 0.3) is 0 Å². The third kappa shape index (κ3) is 6.06. The monoisotopic (exact) mass is 500 g/mol. The van der Waals surface area contributed by atoms with Crippen molar-refractivity contribution < 1.29 is 26.9 Å². The van der Waals surface area contributed by atoms with Gasteiger partial charge in [0, 0.05) is 5.56 Å². The lowest BCUT2D eigenvalue weighted by atomic mass is 9.91. The molecule has 0 radical (unpaired) electrons. The first-order valence-corrected chi connectivity index (χ1v) is 12.7. The normalized spacial score (nSPS) is 11.2. The molecule has 4 aromatic carbocycles. The van der Waals surface area contributed by atoms with E-state index in [4.69, 9.17) is 8.92 Å². The van der Waals surface area contributed by atoms with Gasteiger partial charge in [0.2, 0.25) is 0 Å². The highest BCUT2D eigenvalue weighted by molar-refractivity contribution is 7.87. The van der Waals surface area contributed by atoms with E-state index in [1.807, 2.05) is 67.6 Å². The minimum atomic E-state index is -4.00. The van der Waals surface area contributed by atoms with Gasteiger partial charge < -0.3 is 8.92 Å². The van der Waals surface area contributed by atoms with E-state index in [9.17, 15) is 18.0 Å². The summed E-state index contributed by atoms with van der Waals surface area (Å²) in [5.41, 5.74) is 2.71. The van der Waals surface area contributed by atoms with Crippen LogP contribution in [0.5, 0.6) is 5.75 Å². The number of hydrogen-bond acceptors (Lipinski definition) is 6. The summed E-state index contributed by atoms with van der Waals surface area (Å²) in [5.74, 6) is -1.55. The van der Waals surface area contributed by atoms with Crippen molar-refractivity contribution in [2.75, 3.05) is 6.61 Å². The number of esters is 1. The number of ketones is 1. The van der Waals surface area contributed by atoms with Crippen LogP contribution in [0.2, 0.25) is 0 Å². The second-order valence-corrected chi connectivity index (χ2v) is 9.71. The third-order valence-electron chi connectivity index (χ3n) is 5.54. The van der Waals surface area contributed by atoms with E-state index in [1.54, 1.807) is 12.1 Å². The number of carbonyl (C=O) groups is 2. The fourth-order valence-electron chi connectivity index (χ4n) is 3.64. The summed E-state index contributed by atoms with van der Waals surface area (Å²) in [6.07, 6.45) is 0. The van der Waals surface area contributed by atoms with Crippen LogP contribution in [0.25, 0.3) is 0 Å². The van der Waals surface area contributed by atoms with Gasteiger partial charge in [0.15, 0.2) is 12.4 Å². The summed E-state index contributed by atoms with van der Waals surface area (Å²) in [4.78, 5) is 25.7. The molecule has 0 aliphatic heterocycles. The van der Waals surface area contributed by atoms with E-state index in [-0.39, 0.29) is 16.2 Å². The van der Waals surface area contributed by atoms with E-state index in [2.05, 4.69) is 0 Å². The van der Waals surface area contributed by atoms with Gasteiger partial charge >= 0.3 is 16.1 Å². The zero-order valence-electron chi connectivity index (χ0n) is 19.5. The average Bonchev–Trinajstić information content (AvgIpc) is 2.89. The summed E-state index contributed by atoms with van der Waals surface area (Å²) >= 11 is 0. The summed E-state index contributed by atoms with van der Waals surface area (Å²) in [6.45, 7) is 1.41. The number of rotatable bonds is 9. The first-order valence-electron chi connectivity index (χ1n) is 11.2. The van der Waals surface area contributed by atoms with E-state index in [0.29, 0.717) is 0 Å². The van der Waals surface area contributed by atoms with Crippen LogP contribution in [0, 0.1) is 6.92 Å². The van der Waals surface area contributed by atoms with Gasteiger partial charge in [-0.1, -0.05) is 78.4 Å².